The van der Waals surface area contributed by atoms with Gasteiger partial charge in [0.2, 0.25) is 0 Å². The Labute approximate surface area is 288 Å². The molecule has 1 aliphatic carbocycles. The van der Waals surface area contributed by atoms with Crippen LogP contribution in [0.2, 0.25) is 0 Å². The van der Waals surface area contributed by atoms with Crippen LogP contribution >= 0.6 is 0 Å². The van der Waals surface area contributed by atoms with Crippen LogP contribution in [-0.2, 0) is 0 Å². The number of ether oxygens (including phenoxy) is 1. The van der Waals surface area contributed by atoms with E-state index in [2.05, 4.69) is 119 Å². The van der Waals surface area contributed by atoms with Crippen LogP contribution in [0.4, 0.5) is 0 Å². The topological polar surface area (TPSA) is 65.7 Å². The second-order valence-corrected chi connectivity index (χ2v) is 12.6. The van der Waals surface area contributed by atoms with Gasteiger partial charge in [-0.15, -0.1) is 0 Å². The van der Waals surface area contributed by atoms with Gasteiger partial charge in [-0.1, -0.05) is 103 Å². The normalized spacial score (nSPS) is 16.2. The number of fused-ring (bicyclic) bond motifs is 6. The quantitative estimate of drug-likeness (QED) is 0.187. The maximum atomic E-state index is 6.70. The van der Waals surface area contributed by atoms with E-state index >= 15 is 0 Å². The first kappa shape index (κ1) is 28.4. The van der Waals surface area contributed by atoms with E-state index in [1.807, 2.05) is 48.5 Å². The van der Waals surface area contributed by atoms with Gasteiger partial charge in [-0.05, 0) is 65.7 Å². The molecule has 1 aliphatic heterocycles. The molecule has 0 spiro atoms. The van der Waals surface area contributed by atoms with Crippen LogP contribution in [0.5, 0.6) is 5.75 Å². The lowest BCUT2D eigenvalue weighted by atomic mass is 9.86. The molecule has 2 unspecified atom stereocenters. The molecule has 0 fully saturated rings. The van der Waals surface area contributed by atoms with Crippen LogP contribution in [0.3, 0.4) is 0 Å². The van der Waals surface area contributed by atoms with E-state index in [0.717, 1.165) is 33.7 Å². The Balaban J connectivity index is 1.03. The third kappa shape index (κ3) is 4.65. The zero-order valence-corrected chi connectivity index (χ0v) is 26.9. The number of aromatic nitrogens is 5. The van der Waals surface area contributed by atoms with E-state index in [1.54, 1.807) is 6.20 Å². The van der Waals surface area contributed by atoms with Gasteiger partial charge in [0.1, 0.15) is 17.5 Å². The molecule has 6 heteroatoms. The molecule has 2 aliphatic rings. The van der Waals surface area contributed by atoms with Crippen molar-refractivity contribution in [2.75, 3.05) is 0 Å². The zero-order valence-electron chi connectivity index (χ0n) is 26.9. The predicted molar refractivity (Wildman–Crippen MR) is 199 cm³/mol. The van der Waals surface area contributed by atoms with Crippen molar-refractivity contribution in [3.63, 3.8) is 0 Å². The summed E-state index contributed by atoms with van der Waals surface area (Å²) >= 11 is 0. The van der Waals surface area contributed by atoms with Gasteiger partial charge in [0.25, 0.3) is 0 Å². The van der Waals surface area contributed by atoms with Crippen molar-refractivity contribution < 1.29 is 4.74 Å². The summed E-state index contributed by atoms with van der Waals surface area (Å²) in [5, 5.41) is 2.46. The lowest BCUT2D eigenvalue weighted by Crippen LogP contribution is -2.23. The Morgan fingerprint density at radius 1 is 0.560 bits per heavy atom. The zero-order chi connectivity index (χ0) is 33.0. The lowest BCUT2D eigenvalue weighted by Gasteiger charge is -2.22. The number of pyridine rings is 1. The molecule has 236 valence electrons. The summed E-state index contributed by atoms with van der Waals surface area (Å²) in [4.78, 5) is 19.3. The average molecular weight is 644 g/mol. The molecule has 0 saturated carbocycles. The predicted octanol–water partition coefficient (Wildman–Crippen LogP) is 9.86. The molecule has 4 heterocycles. The van der Waals surface area contributed by atoms with Gasteiger partial charge in [0.05, 0.1) is 11.0 Å². The fourth-order valence-corrected chi connectivity index (χ4v) is 7.34. The molecule has 6 nitrogen and oxygen atoms in total. The minimum atomic E-state index is -0.265. The second kappa shape index (κ2) is 11.5. The molecule has 5 aromatic carbocycles. The molecular formula is C44H29N5O. The Hall–Kier alpha value is -6.66. The smallest absolute Gasteiger partial charge is 0.182 e. The van der Waals surface area contributed by atoms with E-state index in [0.29, 0.717) is 23.2 Å². The van der Waals surface area contributed by atoms with Crippen molar-refractivity contribution in [2.45, 2.75) is 12.0 Å². The van der Waals surface area contributed by atoms with Gasteiger partial charge in [-0.25, -0.2) is 15.0 Å². The Bertz CT molecular complexity index is 2570. The van der Waals surface area contributed by atoms with E-state index in [4.69, 9.17) is 19.7 Å². The summed E-state index contributed by atoms with van der Waals surface area (Å²) in [5.41, 5.74) is 9.55. The first-order valence-electron chi connectivity index (χ1n) is 16.8. The van der Waals surface area contributed by atoms with Gasteiger partial charge in [-0.3, -0.25) is 4.98 Å². The third-order valence-electron chi connectivity index (χ3n) is 9.69. The van der Waals surface area contributed by atoms with Crippen molar-refractivity contribution in [3.05, 3.63) is 175 Å². The fraction of sp³-hybridized carbons (Fsp3) is 0.0455. The first-order chi connectivity index (χ1) is 24.8. The number of para-hydroxylation sites is 2. The molecule has 50 heavy (non-hydrogen) atoms. The molecule has 0 saturated heterocycles. The Kier molecular flexibility index (Phi) is 6.52. The van der Waals surface area contributed by atoms with E-state index < -0.39 is 0 Å². The van der Waals surface area contributed by atoms with Crippen molar-refractivity contribution in [1.29, 1.82) is 0 Å². The van der Waals surface area contributed by atoms with Gasteiger partial charge < -0.3 is 9.30 Å². The standard InChI is InChI=1S/C44H29N5O/c1-3-12-28(13-4-1)42-46-43(48-44(47-42)37-19-9-10-25-45-37)34-18-11-17-33-36-27-30(22-24-40(36)50-41(33)34)29-21-23-39-35(26-29)32-16-7-8-20-38(32)49(39)31-14-5-2-6-15-31/h1-27,33,41H. The second-order valence-electron chi connectivity index (χ2n) is 12.6. The summed E-state index contributed by atoms with van der Waals surface area (Å²) in [7, 11) is 0. The fourth-order valence-electron chi connectivity index (χ4n) is 7.34. The molecule has 3 aromatic heterocycles. The maximum absolute atomic E-state index is 6.70. The third-order valence-corrected chi connectivity index (χ3v) is 9.69. The van der Waals surface area contributed by atoms with E-state index in [9.17, 15) is 0 Å². The van der Waals surface area contributed by atoms with Crippen molar-refractivity contribution >= 4 is 27.4 Å². The van der Waals surface area contributed by atoms with E-state index in [1.165, 1.54) is 27.4 Å². The number of rotatable bonds is 5. The summed E-state index contributed by atoms with van der Waals surface area (Å²) in [6, 6.07) is 48.3. The van der Waals surface area contributed by atoms with Gasteiger partial charge in [-0.2, -0.15) is 0 Å². The van der Waals surface area contributed by atoms with Gasteiger partial charge in [0, 0.05) is 45.3 Å². The van der Waals surface area contributed by atoms with Crippen LogP contribution in [-0.4, -0.2) is 30.6 Å². The van der Waals surface area contributed by atoms with Crippen LogP contribution in [0, 0.1) is 0 Å². The van der Waals surface area contributed by atoms with Crippen LogP contribution in [0.25, 0.3) is 67.1 Å². The van der Waals surface area contributed by atoms with Crippen molar-refractivity contribution in [3.8, 4) is 45.5 Å². The minimum Gasteiger partial charge on any atom is -0.484 e. The van der Waals surface area contributed by atoms with Gasteiger partial charge in [0.15, 0.2) is 17.5 Å². The minimum absolute atomic E-state index is 0.0175. The Morgan fingerprint density at radius 2 is 1.28 bits per heavy atom. The molecular weight excluding hydrogens is 615 g/mol. The van der Waals surface area contributed by atoms with Crippen LogP contribution < -0.4 is 4.74 Å². The average Bonchev–Trinajstić information content (AvgIpc) is 3.74. The summed E-state index contributed by atoms with van der Waals surface area (Å²) < 4.78 is 9.05. The maximum Gasteiger partial charge on any atom is 0.182 e. The molecule has 0 N–H and O–H groups in total. The van der Waals surface area contributed by atoms with Gasteiger partial charge >= 0.3 is 0 Å². The highest BCUT2D eigenvalue weighted by Gasteiger charge is 2.38. The summed E-state index contributed by atoms with van der Waals surface area (Å²) in [5.74, 6) is 2.62. The highest BCUT2D eigenvalue weighted by atomic mass is 16.5. The molecule has 10 rings (SSSR count). The highest BCUT2D eigenvalue weighted by molar-refractivity contribution is 6.10. The molecule has 0 bridgehead atoms. The van der Waals surface area contributed by atoms with Crippen molar-refractivity contribution in [2.24, 2.45) is 0 Å². The molecule has 2 atom stereocenters. The van der Waals surface area contributed by atoms with Crippen LogP contribution in [0.1, 0.15) is 17.3 Å². The molecule has 0 radical (unpaired) electrons. The number of hydrogen-bond acceptors (Lipinski definition) is 5. The number of hydrogen-bond donors (Lipinski definition) is 0. The lowest BCUT2D eigenvalue weighted by molar-refractivity contribution is 0.277. The summed E-state index contributed by atoms with van der Waals surface area (Å²) in [6.07, 6.45) is 7.88. The number of allylic oxidation sites excluding steroid dienone is 2. The molecule has 0 amide bonds. The Morgan fingerprint density at radius 3 is 2.14 bits per heavy atom. The number of nitrogens with zero attached hydrogens (tertiary/aromatic N) is 5. The molecule has 8 aromatic rings. The largest absolute Gasteiger partial charge is 0.484 e. The SMILES string of the molecule is C1=CC2c3cc(-c4ccc5c(c4)c4ccccc4n5-c4ccccc4)ccc3OC2C(c2nc(-c3ccccc3)nc(-c3ccccn3)n2)=C1. The monoisotopic (exact) mass is 643 g/mol. The number of benzene rings is 5. The van der Waals surface area contributed by atoms with Crippen LogP contribution in [0.15, 0.2) is 164 Å². The first-order valence-corrected chi connectivity index (χ1v) is 16.8. The summed E-state index contributed by atoms with van der Waals surface area (Å²) in [6.45, 7) is 0. The van der Waals surface area contributed by atoms with E-state index in [-0.39, 0.29) is 12.0 Å². The van der Waals surface area contributed by atoms with Crippen molar-refractivity contribution in [1.82, 2.24) is 24.5 Å². The highest BCUT2D eigenvalue weighted by Crippen LogP contribution is 2.47.